The van der Waals surface area contributed by atoms with Crippen molar-refractivity contribution in [1.29, 1.82) is 0 Å². The van der Waals surface area contributed by atoms with Crippen LogP contribution in [0.2, 0.25) is 0 Å². The first-order valence-corrected chi connectivity index (χ1v) is 11.5. The molecule has 3 aromatic rings. The van der Waals surface area contributed by atoms with Crippen LogP contribution in [0.5, 0.6) is 11.5 Å². The number of thioether (sulfide) groups is 1. The van der Waals surface area contributed by atoms with Gasteiger partial charge in [0.25, 0.3) is 5.91 Å². The minimum atomic E-state index is -0.521. The number of rotatable bonds is 9. The number of hydrogen-bond donors (Lipinski definition) is 2. The van der Waals surface area contributed by atoms with Gasteiger partial charge in [-0.2, -0.15) is 0 Å². The number of hydrogen-bond acceptors (Lipinski definition) is 7. The number of esters is 1. The fourth-order valence-electron chi connectivity index (χ4n) is 3.17. The first kappa shape index (κ1) is 25.6. The van der Waals surface area contributed by atoms with Gasteiger partial charge in [-0.05, 0) is 61.5 Å². The Bertz CT molecular complexity index is 1210. The van der Waals surface area contributed by atoms with Crippen molar-refractivity contribution in [2.45, 2.75) is 17.1 Å². The van der Waals surface area contributed by atoms with Gasteiger partial charge in [-0.15, -0.1) is 11.8 Å². The minimum absolute atomic E-state index is 0.253. The van der Waals surface area contributed by atoms with E-state index in [2.05, 4.69) is 10.6 Å². The van der Waals surface area contributed by atoms with Crippen molar-refractivity contribution in [3.63, 3.8) is 0 Å². The van der Waals surface area contributed by atoms with Gasteiger partial charge in [-0.1, -0.05) is 12.1 Å². The molecule has 1 atom stereocenters. The second kappa shape index (κ2) is 11.9. The summed E-state index contributed by atoms with van der Waals surface area (Å²) in [6.07, 6.45) is 0. The molecular formula is C26H26N2O6S. The van der Waals surface area contributed by atoms with E-state index in [1.54, 1.807) is 61.5 Å². The second-order valence-corrected chi connectivity index (χ2v) is 8.75. The molecule has 9 heteroatoms. The van der Waals surface area contributed by atoms with E-state index in [1.807, 2.05) is 12.1 Å². The van der Waals surface area contributed by atoms with Gasteiger partial charge >= 0.3 is 5.97 Å². The number of para-hydroxylation sites is 1. The molecule has 0 saturated heterocycles. The summed E-state index contributed by atoms with van der Waals surface area (Å²) >= 11 is 1.35. The van der Waals surface area contributed by atoms with E-state index in [0.29, 0.717) is 28.4 Å². The molecule has 8 nitrogen and oxygen atoms in total. The van der Waals surface area contributed by atoms with Crippen LogP contribution < -0.4 is 20.1 Å². The van der Waals surface area contributed by atoms with Gasteiger partial charge in [0.2, 0.25) is 5.91 Å². The van der Waals surface area contributed by atoms with Gasteiger partial charge < -0.3 is 24.8 Å². The second-order valence-electron chi connectivity index (χ2n) is 7.33. The number of carbonyl (C=O) groups is 3. The Morgan fingerprint density at radius 1 is 0.829 bits per heavy atom. The first-order chi connectivity index (χ1) is 16.9. The lowest BCUT2D eigenvalue weighted by Gasteiger charge is -2.14. The first-order valence-electron chi connectivity index (χ1n) is 10.6. The van der Waals surface area contributed by atoms with E-state index in [9.17, 15) is 14.4 Å². The third kappa shape index (κ3) is 6.54. The molecule has 0 radical (unpaired) electrons. The van der Waals surface area contributed by atoms with E-state index < -0.39 is 11.2 Å². The monoisotopic (exact) mass is 494 g/mol. The highest BCUT2D eigenvalue weighted by molar-refractivity contribution is 8.00. The van der Waals surface area contributed by atoms with Crippen LogP contribution >= 0.6 is 11.8 Å². The maximum absolute atomic E-state index is 12.7. The average molecular weight is 495 g/mol. The van der Waals surface area contributed by atoms with E-state index in [4.69, 9.17) is 14.2 Å². The molecule has 1 unspecified atom stereocenters. The van der Waals surface area contributed by atoms with Crippen molar-refractivity contribution in [3.8, 4) is 11.5 Å². The topological polar surface area (TPSA) is 103 Å². The Morgan fingerprint density at radius 3 is 2.17 bits per heavy atom. The van der Waals surface area contributed by atoms with Crippen LogP contribution in [-0.4, -0.2) is 44.4 Å². The zero-order valence-corrected chi connectivity index (χ0v) is 20.6. The van der Waals surface area contributed by atoms with Crippen molar-refractivity contribution in [1.82, 2.24) is 0 Å². The summed E-state index contributed by atoms with van der Waals surface area (Å²) in [6.45, 7) is 1.77. The maximum Gasteiger partial charge on any atom is 0.339 e. The highest BCUT2D eigenvalue weighted by Crippen LogP contribution is 2.29. The fourth-order valence-corrected chi connectivity index (χ4v) is 4.04. The fraction of sp³-hybridized carbons (Fsp3) is 0.192. The summed E-state index contributed by atoms with van der Waals surface area (Å²) in [5.74, 6) is -0.0572. The Morgan fingerprint density at radius 2 is 1.51 bits per heavy atom. The molecule has 0 spiro atoms. The average Bonchev–Trinajstić information content (AvgIpc) is 2.89. The van der Waals surface area contributed by atoms with Crippen LogP contribution in [0.25, 0.3) is 0 Å². The molecule has 0 aromatic heterocycles. The highest BCUT2D eigenvalue weighted by atomic mass is 32.2. The van der Waals surface area contributed by atoms with Crippen molar-refractivity contribution >= 4 is 40.9 Å². The lowest BCUT2D eigenvalue weighted by molar-refractivity contribution is -0.115. The molecule has 0 aliphatic carbocycles. The smallest absolute Gasteiger partial charge is 0.339 e. The number of anilines is 2. The number of benzene rings is 3. The van der Waals surface area contributed by atoms with Gasteiger partial charge in [-0.3, -0.25) is 9.59 Å². The van der Waals surface area contributed by atoms with E-state index in [1.165, 1.54) is 33.1 Å². The van der Waals surface area contributed by atoms with Crippen LogP contribution in [0.15, 0.2) is 71.6 Å². The van der Waals surface area contributed by atoms with Crippen LogP contribution in [0.3, 0.4) is 0 Å². The molecule has 0 bridgehead atoms. The largest absolute Gasteiger partial charge is 0.493 e. The molecule has 0 heterocycles. The SMILES string of the molecule is COC(=O)c1ccccc1NC(=O)C(C)Sc1ccc(NC(=O)c2ccc(OC)c(OC)c2)cc1. The summed E-state index contributed by atoms with van der Waals surface area (Å²) in [4.78, 5) is 38.1. The molecule has 3 aromatic carbocycles. The summed E-state index contributed by atoms with van der Waals surface area (Å²) in [5, 5.41) is 5.18. The maximum atomic E-state index is 12.7. The van der Waals surface area contributed by atoms with Crippen molar-refractivity contribution < 1.29 is 28.6 Å². The molecule has 3 rings (SSSR count). The Labute approximate surface area is 208 Å². The standard InChI is InChI=1S/C26H26N2O6S/c1-16(24(29)28-21-8-6-5-7-20(21)26(31)34-4)35-19-12-10-18(11-13-19)27-25(30)17-9-14-22(32-2)23(15-17)33-3/h5-16H,1-4H3,(H,27,30)(H,28,29). The lowest BCUT2D eigenvalue weighted by Crippen LogP contribution is -2.23. The highest BCUT2D eigenvalue weighted by Gasteiger charge is 2.18. The van der Waals surface area contributed by atoms with E-state index in [0.717, 1.165) is 4.90 Å². The molecule has 0 fully saturated rings. The lowest BCUT2D eigenvalue weighted by atomic mass is 10.2. The van der Waals surface area contributed by atoms with Gasteiger partial charge in [-0.25, -0.2) is 4.79 Å². The quantitative estimate of drug-likeness (QED) is 0.323. The third-order valence-electron chi connectivity index (χ3n) is 5.03. The van der Waals surface area contributed by atoms with E-state index >= 15 is 0 Å². The number of nitrogens with one attached hydrogen (secondary N) is 2. The molecule has 2 amide bonds. The Balaban J connectivity index is 1.61. The molecule has 0 saturated carbocycles. The van der Waals surface area contributed by atoms with Gasteiger partial charge in [0, 0.05) is 16.1 Å². The van der Waals surface area contributed by atoms with Crippen LogP contribution in [0.1, 0.15) is 27.6 Å². The summed E-state index contributed by atoms with van der Waals surface area (Å²) in [7, 11) is 4.33. The van der Waals surface area contributed by atoms with Gasteiger partial charge in [0.15, 0.2) is 11.5 Å². The van der Waals surface area contributed by atoms with Crippen molar-refractivity contribution in [2.75, 3.05) is 32.0 Å². The number of ether oxygens (including phenoxy) is 3. The predicted molar refractivity (Wildman–Crippen MR) is 136 cm³/mol. The molecule has 35 heavy (non-hydrogen) atoms. The van der Waals surface area contributed by atoms with Crippen LogP contribution in [-0.2, 0) is 9.53 Å². The minimum Gasteiger partial charge on any atom is -0.493 e. The van der Waals surface area contributed by atoms with E-state index in [-0.39, 0.29) is 17.4 Å². The molecular weight excluding hydrogens is 468 g/mol. The molecule has 0 aliphatic rings. The van der Waals surface area contributed by atoms with Crippen molar-refractivity contribution in [3.05, 3.63) is 77.9 Å². The van der Waals surface area contributed by atoms with Gasteiger partial charge in [0.05, 0.1) is 37.8 Å². The third-order valence-corrected chi connectivity index (χ3v) is 6.14. The number of amides is 2. The Kier molecular flexibility index (Phi) is 8.74. The van der Waals surface area contributed by atoms with Crippen LogP contribution in [0.4, 0.5) is 11.4 Å². The normalized spacial score (nSPS) is 11.2. The van der Waals surface area contributed by atoms with Gasteiger partial charge in [0.1, 0.15) is 0 Å². The van der Waals surface area contributed by atoms with Crippen LogP contribution in [0, 0.1) is 0 Å². The number of carbonyl (C=O) groups excluding carboxylic acids is 3. The van der Waals surface area contributed by atoms with Crippen molar-refractivity contribution in [2.24, 2.45) is 0 Å². The Hall–Kier alpha value is -3.98. The summed E-state index contributed by atoms with van der Waals surface area (Å²) < 4.78 is 15.2. The summed E-state index contributed by atoms with van der Waals surface area (Å²) in [6, 6.07) is 18.8. The predicted octanol–water partition coefficient (Wildman–Crippen LogP) is 4.86. The zero-order chi connectivity index (χ0) is 25.4. The molecule has 0 aliphatic heterocycles. The zero-order valence-electron chi connectivity index (χ0n) is 19.8. The summed E-state index contributed by atoms with van der Waals surface area (Å²) in [5.41, 5.74) is 1.72. The molecule has 182 valence electrons. The molecule has 2 N–H and O–H groups in total. The number of methoxy groups -OCH3 is 3.